The van der Waals surface area contributed by atoms with Crippen LogP contribution in [0.25, 0.3) is 0 Å². The van der Waals surface area contributed by atoms with Crippen LogP contribution in [0.4, 0.5) is 0 Å². The smallest absolute Gasteiger partial charge is 0.261 e. The van der Waals surface area contributed by atoms with Crippen LogP contribution in [0, 0.1) is 5.41 Å². The quantitative estimate of drug-likeness (QED) is 0.856. The van der Waals surface area contributed by atoms with Gasteiger partial charge in [0.15, 0.2) is 0 Å². The fourth-order valence-corrected chi connectivity index (χ4v) is 2.59. The lowest BCUT2D eigenvalue weighted by Gasteiger charge is -2.18. The van der Waals surface area contributed by atoms with Crippen molar-refractivity contribution in [3.8, 4) is 0 Å². The van der Waals surface area contributed by atoms with Gasteiger partial charge in [0.2, 0.25) is 0 Å². The molecule has 4 nitrogen and oxygen atoms in total. The second-order valence-electron chi connectivity index (χ2n) is 5.68. The van der Waals surface area contributed by atoms with E-state index in [0.717, 1.165) is 6.42 Å². The molecule has 1 rings (SSSR count). The molecule has 1 aromatic carbocycles. The summed E-state index contributed by atoms with van der Waals surface area (Å²) in [5.74, 6) is -0.377. The van der Waals surface area contributed by atoms with Crippen LogP contribution < -0.4 is 5.32 Å². The summed E-state index contributed by atoms with van der Waals surface area (Å²) in [6, 6.07) is 3.82. The van der Waals surface area contributed by atoms with Crippen molar-refractivity contribution in [1.29, 1.82) is 0 Å². The highest BCUT2D eigenvalue weighted by atomic mass is 35.7. The first-order chi connectivity index (χ1) is 8.99. The van der Waals surface area contributed by atoms with Crippen LogP contribution >= 0.6 is 22.3 Å². The molecule has 1 aromatic rings. The van der Waals surface area contributed by atoms with Gasteiger partial charge in [-0.3, -0.25) is 4.79 Å². The highest BCUT2D eigenvalue weighted by molar-refractivity contribution is 8.13. The molecular weight excluding hydrogens is 321 g/mol. The van der Waals surface area contributed by atoms with Gasteiger partial charge >= 0.3 is 0 Å². The minimum Gasteiger partial charge on any atom is -0.352 e. The number of benzene rings is 1. The Kier molecular flexibility index (Phi) is 5.46. The number of nitrogens with one attached hydrogen (secondary N) is 1. The Morgan fingerprint density at radius 3 is 2.35 bits per heavy atom. The Morgan fingerprint density at radius 2 is 1.85 bits per heavy atom. The van der Waals surface area contributed by atoms with Crippen molar-refractivity contribution in [2.24, 2.45) is 5.41 Å². The van der Waals surface area contributed by atoms with E-state index in [4.69, 9.17) is 22.3 Å². The fraction of sp³-hybridized carbons (Fsp3) is 0.462. The zero-order valence-electron chi connectivity index (χ0n) is 11.5. The van der Waals surface area contributed by atoms with Gasteiger partial charge in [0.25, 0.3) is 15.0 Å². The average molecular weight is 338 g/mol. The van der Waals surface area contributed by atoms with E-state index in [0.29, 0.717) is 6.54 Å². The van der Waals surface area contributed by atoms with Gasteiger partial charge in [-0.2, -0.15) is 0 Å². The van der Waals surface area contributed by atoms with Gasteiger partial charge in [0, 0.05) is 27.8 Å². The molecule has 1 N–H and O–H groups in total. The van der Waals surface area contributed by atoms with Crippen molar-refractivity contribution < 1.29 is 13.2 Å². The summed E-state index contributed by atoms with van der Waals surface area (Å²) in [5.41, 5.74) is 0.275. The summed E-state index contributed by atoms with van der Waals surface area (Å²) >= 11 is 5.80. The third kappa shape index (κ3) is 5.69. The number of halogens is 2. The van der Waals surface area contributed by atoms with Crippen LogP contribution in [-0.4, -0.2) is 20.9 Å². The van der Waals surface area contributed by atoms with Crippen molar-refractivity contribution in [1.82, 2.24) is 5.32 Å². The van der Waals surface area contributed by atoms with Gasteiger partial charge in [0.05, 0.1) is 4.90 Å². The summed E-state index contributed by atoms with van der Waals surface area (Å²) in [5, 5.41) is 2.87. The fourth-order valence-electron chi connectivity index (χ4n) is 1.49. The Labute approximate surface area is 128 Å². The Hall–Kier alpha value is -0.780. The molecule has 0 spiro atoms. The molecule has 0 aliphatic carbocycles. The van der Waals surface area contributed by atoms with Crippen LogP contribution in [0.15, 0.2) is 23.1 Å². The van der Waals surface area contributed by atoms with Gasteiger partial charge in [0.1, 0.15) is 0 Å². The van der Waals surface area contributed by atoms with Crippen molar-refractivity contribution in [3.63, 3.8) is 0 Å². The van der Waals surface area contributed by atoms with Crippen molar-refractivity contribution >= 4 is 37.2 Å². The number of rotatable bonds is 4. The molecule has 0 aliphatic heterocycles. The molecule has 112 valence electrons. The highest BCUT2D eigenvalue weighted by Crippen LogP contribution is 2.22. The molecule has 0 saturated heterocycles. The standard InChI is InChI=1S/C13H17Cl2NO3S/c1-13(2,3)4-5-16-12(17)9-6-10(14)8-11(7-9)20(15,18)19/h6-8H,4-5H2,1-3H3,(H,16,17). The average Bonchev–Trinajstić information content (AvgIpc) is 2.25. The highest BCUT2D eigenvalue weighted by Gasteiger charge is 2.16. The minimum absolute atomic E-state index is 0.103. The monoisotopic (exact) mass is 337 g/mol. The number of carbonyl (C=O) groups excluding carboxylic acids is 1. The maximum atomic E-state index is 12.0. The van der Waals surface area contributed by atoms with Crippen LogP contribution in [-0.2, 0) is 9.05 Å². The van der Waals surface area contributed by atoms with E-state index in [2.05, 4.69) is 26.1 Å². The van der Waals surface area contributed by atoms with Gasteiger partial charge in [-0.05, 0) is 30.0 Å². The lowest BCUT2D eigenvalue weighted by atomic mass is 9.92. The summed E-state index contributed by atoms with van der Waals surface area (Å²) in [6.45, 7) is 6.70. The van der Waals surface area contributed by atoms with Gasteiger partial charge in [-0.1, -0.05) is 32.4 Å². The van der Waals surface area contributed by atoms with E-state index in [9.17, 15) is 13.2 Å². The van der Waals surface area contributed by atoms with E-state index < -0.39 is 9.05 Å². The van der Waals surface area contributed by atoms with E-state index in [1.807, 2.05) is 0 Å². The first-order valence-electron chi connectivity index (χ1n) is 6.02. The molecular formula is C13H17Cl2NO3S. The Balaban J connectivity index is 2.86. The zero-order chi connectivity index (χ0) is 15.6. The Morgan fingerprint density at radius 1 is 1.25 bits per heavy atom. The van der Waals surface area contributed by atoms with E-state index >= 15 is 0 Å². The molecule has 20 heavy (non-hydrogen) atoms. The summed E-state index contributed by atoms with van der Waals surface area (Å²) in [7, 11) is 1.34. The predicted molar refractivity (Wildman–Crippen MR) is 80.9 cm³/mol. The molecule has 0 fully saturated rings. The van der Waals surface area contributed by atoms with Crippen LogP contribution in [0.1, 0.15) is 37.6 Å². The molecule has 0 aliphatic rings. The molecule has 0 saturated carbocycles. The van der Waals surface area contributed by atoms with Crippen LogP contribution in [0.5, 0.6) is 0 Å². The molecule has 1 amide bonds. The second-order valence-corrected chi connectivity index (χ2v) is 8.68. The largest absolute Gasteiger partial charge is 0.352 e. The van der Waals surface area contributed by atoms with Crippen LogP contribution in [0.3, 0.4) is 0 Å². The summed E-state index contributed by atoms with van der Waals surface area (Å²) in [4.78, 5) is 11.8. The third-order valence-electron chi connectivity index (χ3n) is 2.58. The number of hydrogen-bond donors (Lipinski definition) is 1. The maximum Gasteiger partial charge on any atom is 0.261 e. The lowest BCUT2D eigenvalue weighted by Crippen LogP contribution is -2.27. The van der Waals surface area contributed by atoms with Crippen LogP contribution in [0.2, 0.25) is 5.02 Å². The zero-order valence-corrected chi connectivity index (χ0v) is 13.9. The molecule has 0 bridgehead atoms. The Bertz CT molecular complexity index is 607. The normalized spacial score (nSPS) is 12.2. The van der Waals surface area contributed by atoms with Crippen molar-refractivity contribution in [2.45, 2.75) is 32.1 Å². The predicted octanol–water partition coefficient (Wildman–Crippen LogP) is 3.43. The number of hydrogen-bond acceptors (Lipinski definition) is 3. The van der Waals surface area contributed by atoms with Crippen molar-refractivity contribution in [2.75, 3.05) is 6.54 Å². The number of amides is 1. The molecule has 7 heteroatoms. The molecule has 0 radical (unpaired) electrons. The maximum absolute atomic E-state index is 12.0. The van der Waals surface area contributed by atoms with Gasteiger partial charge in [-0.25, -0.2) is 8.42 Å². The SMILES string of the molecule is CC(C)(C)CCNC(=O)c1cc(Cl)cc(S(=O)(=O)Cl)c1. The lowest BCUT2D eigenvalue weighted by molar-refractivity contribution is 0.0949. The molecule has 0 heterocycles. The van der Waals surface area contributed by atoms with E-state index in [-0.39, 0.29) is 26.8 Å². The summed E-state index contributed by atoms with van der Waals surface area (Å²) in [6.07, 6.45) is 0.806. The van der Waals surface area contributed by atoms with Gasteiger partial charge < -0.3 is 5.32 Å². The second kappa shape index (κ2) is 6.33. The first-order valence-corrected chi connectivity index (χ1v) is 8.71. The molecule has 0 unspecified atom stereocenters. The first kappa shape index (κ1) is 17.3. The summed E-state index contributed by atoms with van der Waals surface area (Å²) < 4.78 is 22.6. The molecule has 0 aromatic heterocycles. The van der Waals surface area contributed by atoms with E-state index in [1.165, 1.54) is 18.2 Å². The van der Waals surface area contributed by atoms with Gasteiger partial charge in [-0.15, -0.1) is 0 Å². The topological polar surface area (TPSA) is 63.2 Å². The third-order valence-corrected chi connectivity index (χ3v) is 4.13. The molecule has 0 atom stereocenters. The van der Waals surface area contributed by atoms with E-state index in [1.54, 1.807) is 0 Å². The minimum atomic E-state index is -3.92. The van der Waals surface area contributed by atoms with Crippen molar-refractivity contribution in [3.05, 3.63) is 28.8 Å². The number of carbonyl (C=O) groups is 1.